The summed E-state index contributed by atoms with van der Waals surface area (Å²) < 4.78 is 0. The molecule has 1 aliphatic carbocycles. The van der Waals surface area contributed by atoms with E-state index in [1.54, 1.807) is 0 Å². The molecule has 5 heteroatoms. The van der Waals surface area contributed by atoms with E-state index in [-0.39, 0.29) is 11.4 Å². The lowest BCUT2D eigenvalue weighted by molar-refractivity contribution is 0.440. The van der Waals surface area contributed by atoms with Gasteiger partial charge in [-0.25, -0.2) is 0 Å². The van der Waals surface area contributed by atoms with Gasteiger partial charge in [-0.05, 0) is 19.3 Å². The first kappa shape index (κ1) is 13.5. The average Bonchev–Trinajstić information content (AvgIpc) is 2.84. The number of aromatic hydroxyl groups is 1. The van der Waals surface area contributed by atoms with Gasteiger partial charge in [0.25, 0.3) is 5.56 Å². The number of aromatic nitrogens is 2. The fraction of sp³-hybridized carbons (Fsp3) is 0.692. The maximum atomic E-state index is 11.8. The molecule has 18 heavy (non-hydrogen) atoms. The molecule has 0 unspecified atom stereocenters. The molecule has 0 aliphatic heterocycles. The topological polar surface area (TPSA) is 66.0 Å². The number of hydrogen-bond acceptors (Lipinski definition) is 4. The normalized spacial score (nSPS) is 16.3. The zero-order valence-corrected chi connectivity index (χ0v) is 11.6. The van der Waals surface area contributed by atoms with Gasteiger partial charge in [0.2, 0.25) is 5.88 Å². The minimum atomic E-state index is -0.189. The Kier molecular flexibility index (Phi) is 4.69. The Labute approximate surface area is 111 Å². The van der Waals surface area contributed by atoms with Crippen molar-refractivity contribution in [1.29, 1.82) is 0 Å². The third-order valence-electron chi connectivity index (χ3n) is 3.30. The zero-order valence-electron chi connectivity index (χ0n) is 10.7. The van der Waals surface area contributed by atoms with Crippen molar-refractivity contribution in [1.82, 2.24) is 9.97 Å². The Morgan fingerprint density at radius 3 is 2.78 bits per heavy atom. The third-order valence-corrected chi connectivity index (χ3v) is 4.68. The van der Waals surface area contributed by atoms with Crippen LogP contribution in [0.3, 0.4) is 0 Å². The number of thioether (sulfide) groups is 1. The van der Waals surface area contributed by atoms with Gasteiger partial charge in [0.15, 0.2) is 0 Å². The summed E-state index contributed by atoms with van der Waals surface area (Å²) in [5.41, 5.74) is 0.221. The van der Waals surface area contributed by atoms with E-state index < -0.39 is 0 Å². The van der Waals surface area contributed by atoms with Crippen LogP contribution in [0.5, 0.6) is 5.88 Å². The van der Waals surface area contributed by atoms with Gasteiger partial charge in [-0.15, -0.1) is 0 Å². The van der Waals surface area contributed by atoms with Crippen molar-refractivity contribution in [2.75, 3.05) is 0 Å². The van der Waals surface area contributed by atoms with Crippen LogP contribution in [0, 0.1) is 0 Å². The number of hydrogen-bond donors (Lipinski definition) is 2. The maximum Gasteiger partial charge on any atom is 0.257 e. The molecule has 1 aliphatic rings. The lowest BCUT2D eigenvalue weighted by Gasteiger charge is -2.09. The largest absolute Gasteiger partial charge is 0.493 e. The van der Waals surface area contributed by atoms with Gasteiger partial charge in [-0.3, -0.25) is 4.79 Å². The number of nitrogens with zero attached hydrogens (tertiary/aromatic N) is 1. The second-order valence-corrected chi connectivity index (χ2v) is 6.07. The Balaban J connectivity index is 2.02. The fourth-order valence-electron chi connectivity index (χ4n) is 2.33. The highest BCUT2D eigenvalue weighted by atomic mass is 32.2. The minimum Gasteiger partial charge on any atom is -0.493 e. The van der Waals surface area contributed by atoms with E-state index in [9.17, 15) is 9.90 Å². The van der Waals surface area contributed by atoms with Crippen molar-refractivity contribution < 1.29 is 5.11 Å². The molecule has 0 spiro atoms. The summed E-state index contributed by atoms with van der Waals surface area (Å²) in [6.07, 6.45) is 6.53. The zero-order chi connectivity index (χ0) is 13.0. The molecule has 0 bridgehead atoms. The summed E-state index contributed by atoms with van der Waals surface area (Å²) in [5.74, 6) is 1.18. The highest BCUT2D eigenvalue weighted by Crippen LogP contribution is 2.31. The first-order valence-electron chi connectivity index (χ1n) is 6.63. The summed E-state index contributed by atoms with van der Waals surface area (Å²) in [7, 11) is 0. The van der Waals surface area contributed by atoms with Crippen LogP contribution in [0.25, 0.3) is 0 Å². The minimum absolute atomic E-state index is 0.0948. The summed E-state index contributed by atoms with van der Waals surface area (Å²) in [4.78, 5) is 18.7. The molecule has 4 nitrogen and oxygen atoms in total. The van der Waals surface area contributed by atoms with E-state index in [4.69, 9.17) is 0 Å². The quantitative estimate of drug-likeness (QED) is 0.861. The van der Waals surface area contributed by atoms with Crippen LogP contribution in [0.1, 0.15) is 50.4 Å². The Hall–Kier alpha value is -0.970. The number of nitrogens with one attached hydrogen (secondary N) is 1. The molecule has 1 aromatic rings. The van der Waals surface area contributed by atoms with Gasteiger partial charge in [0, 0.05) is 5.25 Å². The fourth-order valence-corrected chi connectivity index (χ4v) is 3.52. The first-order valence-corrected chi connectivity index (χ1v) is 7.68. The van der Waals surface area contributed by atoms with Crippen LogP contribution >= 0.6 is 11.8 Å². The molecular formula is C13H20N2O2S. The number of rotatable bonds is 5. The van der Waals surface area contributed by atoms with E-state index in [1.165, 1.54) is 25.7 Å². The van der Waals surface area contributed by atoms with E-state index in [1.807, 2.05) is 18.7 Å². The van der Waals surface area contributed by atoms with Crippen molar-refractivity contribution in [3.05, 3.63) is 21.7 Å². The monoisotopic (exact) mass is 268 g/mol. The lowest BCUT2D eigenvalue weighted by atomic mass is 10.2. The molecule has 0 atom stereocenters. The van der Waals surface area contributed by atoms with Gasteiger partial charge in [-0.2, -0.15) is 16.7 Å². The smallest absolute Gasteiger partial charge is 0.257 e. The highest BCUT2D eigenvalue weighted by Gasteiger charge is 2.16. The van der Waals surface area contributed by atoms with Gasteiger partial charge < -0.3 is 10.1 Å². The molecule has 1 heterocycles. The summed E-state index contributed by atoms with van der Waals surface area (Å²) >= 11 is 1.83. The summed E-state index contributed by atoms with van der Waals surface area (Å²) in [5, 5.41) is 10.4. The van der Waals surface area contributed by atoms with Gasteiger partial charge in [0.05, 0.1) is 11.3 Å². The second-order valence-electron chi connectivity index (χ2n) is 4.78. The van der Waals surface area contributed by atoms with Crippen molar-refractivity contribution in [3.63, 3.8) is 0 Å². The highest BCUT2D eigenvalue weighted by molar-refractivity contribution is 7.99. The van der Waals surface area contributed by atoms with Crippen LogP contribution in [-0.2, 0) is 12.2 Å². The molecule has 2 N–H and O–H groups in total. The predicted octanol–water partition coefficient (Wildman–Crippen LogP) is 2.60. The number of H-pyrrole nitrogens is 1. The Morgan fingerprint density at radius 1 is 1.44 bits per heavy atom. The molecule has 1 aromatic heterocycles. The van der Waals surface area contributed by atoms with Crippen LogP contribution in [-0.4, -0.2) is 20.3 Å². The van der Waals surface area contributed by atoms with E-state index in [0.29, 0.717) is 28.8 Å². The number of aromatic amines is 1. The van der Waals surface area contributed by atoms with Gasteiger partial charge >= 0.3 is 0 Å². The van der Waals surface area contributed by atoms with Crippen LogP contribution < -0.4 is 5.56 Å². The van der Waals surface area contributed by atoms with E-state index >= 15 is 0 Å². The maximum absolute atomic E-state index is 11.8. The second kappa shape index (κ2) is 6.27. The first-order chi connectivity index (χ1) is 8.70. The van der Waals surface area contributed by atoms with Crippen molar-refractivity contribution in [2.24, 2.45) is 0 Å². The molecule has 100 valence electrons. The summed E-state index contributed by atoms with van der Waals surface area (Å²) in [6, 6.07) is 0. The predicted molar refractivity (Wildman–Crippen MR) is 74.1 cm³/mol. The SMILES string of the molecule is CCCc1c(O)nc(CSC2CCCC2)[nH]c1=O. The molecule has 1 fully saturated rings. The molecule has 1 saturated carbocycles. The van der Waals surface area contributed by atoms with E-state index in [2.05, 4.69) is 9.97 Å². The Morgan fingerprint density at radius 2 is 2.17 bits per heavy atom. The molecule has 0 aromatic carbocycles. The standard InChI is InChI=1S/C13H20N2O2S/c1-2-5-10-12(16)14-11(15-13(10)17)8-18-9-6-3-4-7-9/h9H,2-8H2,1H3,(H2,14,15,16,17). The van der Waals surface area contributed by atoms with Gasteiger partial charge in [-0.1, -0.05) is 26.2 Å². The van der Waals surface area contributed by atoms with Crippen molar-refractivity contribution in [2.45, 2.75) is 56.5 Å². The molecular weight excluding hydrogens is 248 g/mol. The summed E-state index contributed by atoms with van der Waals surface area (Å²) in [6.45, 7) is 1.97. The Bertz CT molecular complexity index is 453. The molecule has 2 rings (SSSR count). The lowest BCUT2D eigenvalue weighted by Crippen LogP contribution is -2.16. The van der Waals surface area contributed by atoms with Crippen LogP contribution in [0.15, 0.2) is 4.79 Å². The average molecular weight is 268 g/mol. The molecule has 0 saturated heterocycles. The molecule has 0 radical (unpaired) electrons. The van der Waals surface area contributed by atoms with Crippen molar-refractivity contribution in [3.8, 4) is 5.88 Å². The van der Waals surface area contributed by atoms with Crippen LogP contribution in [0.4, 0.5) is 0 Å². The third kappa shape index (κ3) is 3.28. The molecule has 0 amide bonds. The van der Waals surface area contributed by atoms with E-state index in [0.717, 1.165) is 6.42 Å². The van der Waals surface area contributed by atoms with Gasteiger partial charge in [0.1, 0.15) is 5.82 Å². The van der Waals surface area contributed by atoms with Crippen molar-refractivity contribution >= 4 is 11.8 Å². The van der Waals surface area contributed by atoms with Crippen LogP contribution in [0.2, 0.25) is 0 Å².